The summed E-state index contributed by atoms with van der Waals surface area (Å²) in [7, 11) is 0. The molecule has 0 aromatic heterocycles. The molecule has 0 unspecified atom stereocenters. The third-order valence-corrected chi connectivity index (χ3v) is 8.79. The second kappa shape index (κ2) is 15.9. The molecule has 3 aromatic rings. The average molecular weight is 602 g/mol. The number of thiocarbonyl (C=S) groups is 2. The van der Waals surface area contributed by atoms with Gasteiger partial charge in [-0.1, -0.05) is 120 Å². The van der Waals surface area contributed by atoms with Crippen LogP contribution < -0.4 is 9.47 Å². The Morgan fingerprint density at radius 1 is 0.714 bits per heavy atom. The quantitative estimate of drug-likeness (QED) is 0.0704. The summed E-state index contributed by atoms with van der Waals surface area (Å²) in [6, 6.07) is 21.3. The predicted molar refractivity (Wildman–Crippen MR) is 181 cm³/mol. The van der Waals surface area contributed by atoms with Crippen LogP contribution in [0.15, 0.2) is 66.7 Å². The molecule has 0 amide bonds. The summed E-state index contributed by atoms with van der Waals surface area (Å²) in [6.45, 7) is 7.23. The number of hydrogen-bond donors (Lipinski definition) is 0. The highest BCUT2D eigenvalue weighted by Gasteiger charge is 2.32. The highest BCUT2D eigenvalue weighted by Crippen LogP contribution is 2.29. The van der Waals surface area contributed by atoms with Gasteiger partial charge in [-0.05, 0) is 67.3 Å². The van der Waals surface area contributed by atoms with Crippen molar-refractivity contribution in [2.75, 3.05) is 6.61 Å². The van der Waals surface area contributed by atoms with Gasteiger partial charge in [0.05, 0.1) is 12.2 Å². The summed E-state index contributed by atoms with van der Waals surface area (Å²) in [6.07, 6.45) is 12.7. The maximum atomic E-state index is 12.9. The molecule has 0 saturated heterocycles. The number of ether oxygens (including phenoxy) is 2. The van der Waals surface area contributed by atoms with E-state index in [9.17, 15) is 4.79 Å². The Morgan fingerprint density at radius 3 is 1.86 bits per heavy atom. The molecule has 4 nitrogen and oxygen atoms in total. The van der Waals surface area contributed by atoms with Gasteiger partial charge in [-0.25, -0.2) is 4.79 Å². The maximum Gasteiger partial charge on any atom is 0.343 e. The summed E-state index contributed by atoms with van der Waals surface area (Å²) < 4.78 is 11.6. The highest BCUT2D eigenvalue weighted by molar-refractivity contribution is 7.82. The Morgan fingerprint density at radius 2 is 1.26 bits per heavy atom. The molecular formula is C36H43NO3S2. The number of carbonyl (C=O) groups is 1. The molecule has 0 N–H and O–H groups in total. The van der Waals surface area contributed by atoms with Crippen LogP contribution in [-0.2, 0) is 0 Å². The molecule has 0 radical (unpaired) electrons. The van der Waals surface area contributed by atoms with Gasteiger partial charge in [0, 0.05) is 17.2 Å². The van der Waals surface area contributed by atoms with Gasteiger partial charge in [-0.2, -0.15) is 0 Å². The fourth-order valence-electron chi connectivity index (χ4n) is 5.20. The van der Waals surface area contributed by atoms with Crippen LogP contribution in [0.3, 0.4) is 0 Å². The van der Waals surface area contributed by atoms with Gasteiger partial charge in [0.1, 0.15) is 21.5 Å². The maximum absolute atomic E-state index is 12.9. The van der Waals surface area contributed by atoms with Gasteiger partial charge in [0.15, 0.2) is 0 Å². The lowest BCUT2D eigenvalue weighted by Gasteiger charge is -2.25. The standard InChI is InChI=1S/C36H43NO3S2/c1-4-6-7-8-9-10-11-12-13-24-39-30-19-14-27(15-20-30)28-16-21-31(22-17-28)40-36(38)29-18-23-32-33(25-29)35(42)37(34(32)41)26(3)5-2/h14-23,25-26H,4-13,24H2,1-3H3/t26-/m0/s1. The van der Waals surface area contributed by atoms with Crippen molar-refractivity contribution in [3.05, 3.63) is 83.4 Å². The van der Waals surface area contributed by atoms with Crippen molar-refractivity contribution in [2.24, 2.45) is 0 Å². The van der Waals surface area contributed by atoms with Crippen LogP contribution >= 0.6 is 24.4 Å². The monoisotopic (exact) mass is 601 g/mol. The van der Waals surface area contributed by atoms with Gasteiger partial charge in [-0.3, -0.25) is 0 Å². The van der Waals surface area contributed by atoms with E-state index in [2.05, 4.69) is 32.9 Å². The zero-order valence-electron chi connectivity index (χ0n) is 25.2. The van der Waals surface area contributed by atoms with Crippen LogP contribution in [-0.4, -0.2) is 33.5 Å². The number of benzene rings is 3. The first-order valence-electron chi connectivity index (χ1n) is 15.5. The number of esters is 1. The number of carbonyl (C=O) groups excluding carboxylic acids is 1. The zero-order chi connectivity index (χ0) is 29.9. The fraction of sp³-hybridized carbons (Fsp3) is 0.417. The molecule has 3 aromatic carbocycles. The van der Waals surface area contributed by atoms with Gasteiger partial charge in [0.2, 0.25) is 0 Å². The van der Waals surface area contributed by atoms with Crippen molar-refractivity contribution in [1.29, 1.82) is 0 Å². The van der Waals surface area contributed by atoms with E-state index in [0.29, 0.717) is 16.3 Å². The third kappa shape index (κ3) is 8.26. The molecule has 6 heteroatoms. The molecule has 0 fully saturated rings. The second-order valence-electron chi connectivity index (χ2n) is 11.1. The van der Waals surface area contributed by atoms with E-state index in [-0.39, 0.29) is 6.04 Å². The lowest BCUT2D eigenvalue weighted by atomic mass is 10.1. The fourth-order valence-corrected chi connectivity index (χ4v) is 6.14. The topological polar surface area (TPSA) is 38.8 Å². The van der Waals surface area contributed by atoms with E-state index >= 15 is 0 Å². The summed E-state index contributed by atoms with van der Waals surface area (Å²) in [5, 5.41) is 0. The molecule has 0 spiro atoms. The second-order valence-corrected chi connectivity index (χ2v) is 11.9. The van der Waals surface area contributed by atoms with Crippen LogP contribution in [0.1, 0.15) is 106 Å². The highest BCUT2D eigenvalue weighted by atomic mass is 32.1. The molecule has 0 aliphatic carbocycles. The first-order chi connectivity index (χ1) is 20.4. The van der Waals surface area contributed by atoms with Crippen molar-refractivity contribution in [2.45, 2.75) is 91.0 Å². The van der Waals surface area contributed by atoms with Gasteiger partial charge < -0.3 is 14.4 Å². The molecule has 1 heterocycles. The summed E-state index contributed by atoms with van der Waals surface area (Å²) in [4.78, 5) is 16.3. The molecule has 0 bridgehead atoms. The number of rotatable bonds is 16. The molecule has 1 aliphatic heterocycles. The summed E-state index contributed by atoms with van der Waals surface area (Å²) in [5.74, 6) is 0.963. The number of unbranched alkanes of at least 4 members (excludes halogenated alkanes) is 8. The van der Waals surface area contributed by atoms with E-state index in [1.807, 2.05) is 47.4 Å². The van der Waals surface area contributed by atoms with Crippen LogP contribution in [0.4, 0.5) is 0 Å². The van der Waals surface area contributed by atoms with Crippen molar-refractivity contribution in [3.8, 4) is 22.6 Å². The normalized spacial score (nSPS) is 13.3. The van der Waals surface area contributed by atoms with Crippen LogP contribution in [0.2, 0.25) is 0 Å². The van der Waals surface area contributed by atoms with Crippen molar-refractivity contribution in [3.63, 3.8) is 0 Å². The number of nitrogens with zero attached hydrogens (tertiary/aromatic N) is 1. The lowest BCUT2D eigenvalue weighted by molar-refractivity contribution is 0.0734. The first kappa shape index (κ1) is 31.8. The minimum absolute atomic E-state index is 0.208. The predicted octanol–water partition coefficient (Wildman–Crippen LogP) is 9.95. The Hall–Kier alpha value is -3.09. The Bertz CT molecular complexity index is 1350. The number of hydrogen-bond acceptors (Lipinski definition) is 5. The SMILES string of the molecule is CCCCCCCCCCCOc1ccc(-c2ccc(OC(=O)c3ccc4c(c3)C(=S)N([C@@H](C)CC)C4=S)cc2)cc1. The average Bonchev–Trinajstić information content (AvgIpc) is 3.27. The largest absolute Gasteiger partial charge is 0.494 e. The summed E-state index contributed by atoms with van der Waals surface area (Å²) >= 11 is 11.3. The zero-order valence-corrected chi connectivity index (χ0v) is 26.8. The van der Waals surface area contributed by atoms with E-state index in [0.717, 1.165) is 52.4 Å². The summed E-state index contributed by atoms with van der Waals surface area (Å²) in [5.41, 5.74) is 4.29. The smallest absolute Gasteiger partial charge is 0.343 e. The Labute approximate surface area is 262 Å². The first-order valence-corrected chi connectivity index (χ1v) is 16.3. The Kier molecular flexibility index (Phi) is 12.1. The molecular weight excluding hydrogens is 559 g/mol. The van der Waals surface area contributed by atoms with Gasteiger partial charge in [0.25, 0.3) is 0 Å². The minimum atomic E-state index is -0.422. The van der Waals surface area contributed by atoms with E-state index in [4.69, 9.17) is 33.9 Å². The Balaban J connectivity index is 1.24. The third-order valence-electron chi connectivity index (χ3n) is 7.95. The molecule has 222 valence electrons. The van der Waals surface area contributed by atoms with E-state index in [1.165, 1.54) is 51.4 Å². The van der Waals surface area contributed by atoms with Crippen molar-refractivity contribution in [1.82, 2.24) is 4.90 Å². The van der Waals surface area contributed by atoms with E-state index < -0.39 is 5.97 Å². The lowest BCUT2D eigenvalue weighted by Crippen LogP contribution is -2.36. The molecule has 4 rings (SSSR count). The van der Waals surface area contributed by atoms with Crippen molar-refractivity contribution < 1.29 is 14.3 Å². The van der Waals surface area contributed by atoms with Crippen molar-refractivity contribution >= 4 is 40.4 Å². The van der Waals surface area contributed by atoms with Crippen LogP contribution in [0.25, 0.3) is 11.1 Å². The molecule has 42 heavy (non-hydrogen) atoms. The molecule has 1 aliphatic rings. The van der Waals surface area contributed by atoms with Crippen LogP contribution in [0, 0.1) is 0 Å². The molecule has 1 atom stereocenters. The van der Waals surface area contributed by atoms with Crippen LogP contribution in [0.5, 0.6) is 11.5 Å². The van der Waals surface area contributed by atoms with E-state index in [1.54, 1.807) is 12.1 Å². The van der Waals surface area contributed by atoms with Gasteiger partial charge >= 0.3 is 5.97 Å². The number of fused-ring (bicyclic) bond motifs is 1. The minimum Gasteiger partial charge on any atom is -0.494 e. The molecule has 0 saturated carbocycles. The van der Waals surface area contributed by atoms with Gasteiger partial charge in [-0.15, -0.1) is 0 Å².